The standard InChI is InChI=1S/C17H14ClFN2O4S/c1-10-9-11(19)5-6-14(10)26(24,25)20-7-8-21-16(22)12-3-2-4-13(18)15(12)17(21)23/h2-6,9,20H,7-8H2,1H3. The Morgan fingerprint density at radius 3 is 2.54 bits per heavy atom. The van der Waals surface area contributed by atoms with E-state index in [1.165, 1.54) is 19.1 Å². The maximum absolute atomic E-state index is 13.1. The minimum atomic E-state index is -3.90. The number of sulfonamides is 1. The van der Waals surface area contributed by atoms with Gasteiger partial charge in [0.05, 0.1) is 21.0 Å². The van der Waals surface area contributed by atoms with Gasteiger partial charge in [-0.2, -0.15) is 0 Å². The Labute approximate surface area is 154 Å². The molecule has 1 N–H and O–H groups in total. The zero-order valence-corrected chi connectivity index (χ0v) is 15.2. The molecule has 0 saturated heterocycles. The molecule has 1 aliphatic heterocycles. The first kappa shape index (κ1) is 18.5. The minimum Gasteiger partial charge on any atom is -0.273 e. The number of rotatable bonds is 5. The number of hydrogen-bond donors (Lipinski definition) is 1. The predicted molar refractivity (Wildman–Crippen MR) is 93.1 cm³/mol. The Balaban J connectivity index is 1.72. The summed E-state index contributed by atoms with van der Waals surface area (Å²) < 4.78 is 40.1. The van der Waals surface area contributed by atoms with Gasteiger partial charge < -0.3 is 0 Å². The number of nitrogens with one attached hydrogen (secondary N) is 1. The molecule has 0 aliphatic carbocycles. The first-order chi connectivity index (χ1) is 12.2. The monoisotopic (exact) mass is 396 g/mol. The fraction of sp³-hybridized carbons (Fsp3) is 0.176. The Morgan fingerprint density at radius 1 is 1.15 bits per heavy atom. The Hall–Kier alpha value is -2.29. The van der Waals surface area contributed by atoms with Gasteiger partial charge in [0.2, 0.25) is 10.0 Å². The smallest absolute Gasteiger partial charge is 0.263 e. The van der Waals surface area contributed by atoms with Crippen LogP contribution in [0.25, 0.3) is 0 Å². The van der Waals surface area contributed by atoms with Crippen LogP contribution in [-0.2, 0) is 10.0 Å². The lowest BCUT2D eigenvalue weighted by atomic mass is 10.1. The number of nitrogens with zero attached hydrogens (tertiary/aromatic N) is 1. The number of imide groups is 1. The quantitative estimate of drug-likeness (QED) is 0.786. The molecule has 0 unspecified atom stereocenters. The van der Waals surface area contributed by atoms with E-state index in [4.69, 9.17) is 11.6 Å². The zero-order chi connectivity index (χ0) is 19.1. The first-order valence-electron chi connectivity index (χ1n) is 7.63. The molecule has 0 saturated carbocycles. The SMILES string of the molecule is Cc1cc(F)ccc1S(=O)(=O)NCCN1C(=O)c2cccc(Cl)c2C1=O. The summed E-state index contributed by atoms with van der Waals surface area (Å²) in [5.74, 6) is -1.62. The molecule has 0 spiro atoms. The van der Waals surface area contributed by atoms with Gasteiger partial charge in [0.25, 0.3) is 11.8 Å². The molecule has 6 nitrogen and oxygen atoms in total. The van der Waals surface area contributed by atoms with Crippen LogP contribution < -0.4 is 4.72 Å². The topological polar surface area (TPSA) is 83.6 Å². The molecule has 0 fully saturated rings. The second kappa shape index (κ2) is 6.79. The van der Waals surface area contributed by atoms with Gasteiger partial charge in [0.15, 0.2) is 0 Å². The van der Waals surface area contributed by atoms with Gasteiger partial charge in [0, 0.05) is 13.1 Å². The van der Waals surface area contributed by atoms with Crippen molar-refractivity contribution in [2.45, 2.75) is 11.8 Å². The van der Waals surface area contributed by atoms with Gasteiger partial charge in [-0.25, -0.2) is 17.5 Å². The van der Waals surface area contributed by atoms with E-state index in [0.717, 1.165) is 23.1 Å². The first-order valence-corrected chi connectivity index (χ1v) is 9.49. The molecule has 1 heterocycles. The minimum absolute atomic E-state index is 0.0655. The average molecular weight is 397 g/mol. The van der Waals surface area contributed by atoms with Gasteiger partial charge in [-0.1, -0.05) is 17.7 Å². The van der Waals surface area contributed by atoms with Gasteiger partial charge in [-0.3, -0.25) is 14.5 Å². The van der Waals surface area contributed by atoms with Crippen LogP contribution in [0, 0.1) is 12.7 Å². The average Bonchev–Trinajstić information content (AvgIpc) is 2.80. The van der Waals surface area contributed by atoms with E-state index < -0.39 is 27.7 Å². The summed E-state index contributed by atoms with van der Waals surface area (Å²) in [7, 11) is -3.90. The molecule has 2 aromatic carbocycles. The molecule has 3 rings (SSSR count). The maximum Gasteiger partial charge on any atom is 0.263 e. The van der Waals surface area contributed by atoms with Crippen LogP contribution in [0.2, 0.25) is 5.02 Å². The number of fused-ring (bicyclic) bond motifs is 1. The third-order valence-electron chi connectivity index (χ3n) is 4.00. The number of carbonyl (C=O) groups excluding carboxylic acids is 2. The van der Waals surface area contributed by atoms with Crippen molar-refractivity contribution in [1.29, 1.82) is 0 Å². The van der Waals surface area contributed by atoms with Crippen LogP contribution >= 0.6 is 11.6 Å². The van der Waals surface area contributed by atoms with Crippen molar-refractivity contribution in [1.82, 2.24) is 9.62 Å². The molecular weight excluding hydrogens is 383 g/mol. The number of aryl methyl sites for hydroxylation is 1. The van der Waals surface area contributed by atoms with E-state index >= 15 is 0 Å². The Bertz CT molecular complexity index is 1020. The van der Waals surface area contributed by atoms with Crippen molar-refractivity contribution >= 4 is 33.4 Å². The third-order valence-corrected chi connectivity index (χ3v) is 5.94. The largest absolute Gasteiger partial charge is 0.273 e. The van der Waals surface area contributed by atoms with E-state index in [2.05, 4.69) is 4.72 Å². The molecule has 0 aromatic heterocycles. The van der Waals surface area contributed by atoms with Crippen LogP contribution in [0.3, 0.4) is 0 Å². The maximum atomic E-state index is 13.1. The summed E-state index contributed by atoms with van der Waals surface area (Å²) >= 11 is 5.97. The second-order valence-corrected chi connectivity index (χ2v) is 7.87. The van der Waals surface area contributed by atoms with Crippen molar-refractivity contribution in [3.05, 3.63) is 63.9 Å². The molecule has 26 heavy (non-hydrogen) atoms. The molecule has 2 aromatic rings. The molecule has 2 amide bonds. The number of carbonyl (C=O) groups is 2. The van der Waals surface area contributed by atoms with Crippen LogP contribution in [0.5, 0.6) is 0 Å². The highest BCUT2D eigenvalue weighted by Gasteiger charge is 2.36. The molecule has 136 valence electrons. The zero-order valence-electron chi connectivity index (χ0n) is 13.6. The molecule has 0 bridgehead atoms. The summed E-state index contributed by atoms with van der Waals surface area (Å²) in [6, 6.07) is 7.89. The molecule has 0 radical (unpaired) electrons. The van der Waals surface area contributed by atoms with E-state index in [1.807, 2.05) is 0 Å². The highest BCUT2D eigenvalue weighted by molar-refractivity contribution is 7.89. The van der Waals surface area contributed by atoms with Gasteiger partial charge in [-0.05, 0) is 42.8 Å². The third kappa shape index (κ3) is 3.23. The van der Waals surface area contributed by atoms with Crippen LogP contribution in [0.1, 0.15) is 26.3 Å². The van der Waals surface area contributed by atoms with E-state index in [0.29, 0.717) is 0 Å². The molecule has 0 atom stereocenters. The summed E-state index contributed by atoms with van der Waals surface area (Å²) in [6.07, 6.45) is 0. The number of amides is 2. The molecule has 1 aliphatic rings. The summed E-state index contributed by atoms with van der Waals surface area (Å²) in [5.41, 5.74) is 0.571. The summed E-state index contributed by atoms with van der Waals surface area (Å²) in [5, 5.41) is 0.172. The number of benzene rings is 2. The lowest BCUT2D eigenvalue weighted by molar-refractivity contribution is 0.0657. The van der Waals surface area contributed by atoms with Crippen molar-refractivity contribution in [2.75, 3.05) is 13.1 Å². The lowest BCUT2D eigenvalue weighted by Crippen LogP contribution is -2.38. The fourth-order valence-corrected chi connectivity index (χ4v) is 4.28. The van der Waals surface area contributed by atoms with Gasteiger partial charge >= 0.3 is 0 Å². The normalized spacial score (nSPS) is 14.0. The van der Waals surface area contributed by atoms with Crippen molar-refractivity contribution in [2.24, 2.45) is 0 Å². The summed E-state index contributed by atoms with van der Waals surface area (Å²) in [4.78, 5) is 25.5. The second-order valence-electron chi connectivity index (χ2n) is 5.73. The van der Waals surface area contributed by atoms with Crippen molar-refractivity contribution < 1.29 is 22.4 Å². The highest BCUT2D eigenvalue weighted by Crippen LogP contribution is 2.28. The highest BCUT2D eigenvalue weighted by atomic mass is 35.5. The fourth-order valence-electron chi connectivity index (χ4n) is 2.78. The van der Waals surface area contributed by atoms with Gasteiger partial charge in [-0.15, -0.1) is 0 Å². The Morgan fingerprint density at radius 2 is 1.88 bits per heavy atom. The van der Waals surface area contributed by atoms with Crippen molar-refractivity contribution in [3.63, 3.8) is 0 Å². The number of hydrogen-bond acceptors (Lipinski definition) is 4. The lowest BCUT2D eigenvalue weighted by Gasteiger charge is -2.15. The number of halogens is 2. The Kier molecular flexibility index (Phi) is 4.83. The van der Waals surface area contributed by atoms with E-state index in [-0.39, 0.29) is 39.7 Å². The van der Waals surface area contributed by atoms with Crippen LogP contribution in [0.15, 0.2) is 41.3 Å². The van der Waals surface area contributed by atoms with Gasteiger partial charge in [0.1, 0.15) is 5.82 Å². The van der Waals surface area contributed by atoms with Crippen LogP contribution in [-0.4, -0.2) is 38.2 Å². The van der Waals surface area contributed by atoms with E-state index in [9.17, 15) is 22.4 Å². The molecular formula is C17H14ClFN2O4S. The van der Waals surface area contributed by atoms with E-state index in [1.54, 1.807) is 6.07 Å². The summed E-state index contributed by atoms with van der Waals surface area (Å²) in [6.45, 7) is 1.15. The van der Waals surface area contributed by atoms with Crippen molar-refractivity contribution in [3.8, 4) is 0 Å². The molecule has 9 heteroatoms. The predicted octanol–water partition coefficient (Wildman–Crippen LogP) is 2.36. The van der Waals surface area contributed by atoms with Crippen LogP contribution in [0.4, 0.5) is 4.39 Å².